The Hall–Kier alpha value is -2.66. The van der Waals surface area contributed by atoms with Crippen LogP contribution in [0, 0.1) is 6.92 Å². The molecule has 1 heterocycles. The molecule has 0 atom stereocenters. The van der Waals surface area contributed by atoms with Crippen molar-refractivity contribution in [2.45, 2.75) is 40.5 Å². The number of unbranched alkanes of at least 4 members (excludes halogenated alkanes) is 1. The molecule has 30 heavy (non-hydrogen) atoms. The molecular formula is C25H28N2O2S. The molecule has 0 aromatic heterocycles. The first-order chi connectivity index (χ1) is 14.5. The Morgan fingerprint density at radius 1 is 1.03 bits per heavy atom. The summed E-state index contributed by atoms with van der Waals surface area (Å²) in [6, 6.07) is 11.9. The molecule has 0 saturated heterocycles. The van der Waals surface area contributed by atoms with Crippen molar-refractivity contribution < 1.29 is 4.74 Å². The maximum atomic E-state index is 12.9. The molecule has 0 unspecified atom stereocenters. The van der Waals surface area contributed by atoms with Gasteiger partial charge in [-0.25, -0.2) is 4.98 Å². The van der Waals surface area contributed by atoms with E-state index in [0.29, 0.717) is 12.0 Å². The molecule has 0 fully saturated rings. The number of aryl methyl sites for hydroxylation is 1. The molecule has 0 amide bonds. The van der Waals surface area contributed by atoms with E-state index < -0.39 is 0 Å². The van der Waals surface area contributed by atoms with Crippen LogP contribution in [-0.4, -0.2) is 24.7 Å². The topological polar surface area (TPSA) is 42.4 Å². The minimum absolute atomic E-state index is 0.0208. The lowest BCUT2D eigenvalue weighted by Gasteiger charge is -2.22. The molecule has 4 rings (SSSR count). The zero-order valence-corrected chi connectivity index (χ0v) is 18.9. The number of rotatable bonds is 7. The first-order valence-electron chi connectivity index (χ1n) is 10.7. The van der Waals surface area contributed by atoms with E-state index in [9.17, 15) is 4.79 Å². The average molecular weight is 421 g/mol. The number of hydrogen-bond acceptors (Lipinski definition) is 5. The van der Waals surface area contributed by atoms with E-state index in [-0.39, 0.29) is 5.43 Å². The highest BCUT2D eigenvalue weighted by molar-refractivity contribution is 7.21. The summed E-state index contributed by atoms with van der Waals surface area (Å²) >= 11 is 1.65. The number of ether oxygens (including phenoxy) is 1. The smallest absolute Gasteiger partial charge is 0.188 e. The summed E-state index contributed by atoms with van der Waals surface area (Å²) < 4.78 is 6.92. The molecule has 0 bridgehead atoms. The minimum atomic E-state index is 0.0208. The zero-order valence-electron chi connectivity index (χ0n) is 18.1. The number of nitrogens with zero attached hydrogens (tertiary/aromatic N) is 2. The summed E-state index contributed by atoms with van der Waals surface area (Å²) in [4.78, 5) is 21.1. The van der Waals surface area contributed by atoms with Crippen LogP contribution in [0.4, 0.5) is 5.69 Å². The van der Waals surface area contributed by atoms with Crippen LogP contribution in [0.25, 0.3) is 31.6 Å². The van der Waals surface area contributed by atoms with Crippen LogP contribution < -0.4 is 15.1 Å². The molecule has 0 spiro atoms. The number of anilines is 1. The summed E-state index contributed by atoms with van der Waals surface area (Å²) in [7, 11) is 0. The Balaban J connectivity index is 1.89. The number of hydrogen-bond donors (Lipinski definition) is 0. The van der Waals surface area contributed by atoms with Gasteiger partial charge in [-0.3, -0.25) is 4.79 Å². The Morgan fingerprint density at radius 3 is 2.57 bits per heavy atom. The van der Waals surface area contributed by atoms with Crippen LogP contribution >= 0.6 is 11.3 Å². The lowest BCUT2D eigenvalue weighted by molar-refractivity contribution is 0.310. The first kappa shape index (κ1) is 20.6. The van der Waals surface area contributed by atoms with E-state index in [1.807, 2.05) is 18.2 Å². The van der Waals surface area contributed by atoms with Gasteiger partial charge in [-0.2, -0.15) is 0 Å². The molecular weight excluding hydrogens is 392 g/mol. The molecule has 1 aliphatic carbocycles. The van der Waals surface area contributed by atoms with Gasteiger partial charge in [0.05, 0.1) is 27.4 Å². The predicted octanol–water partition coefficient (Wildman–Crippen LogP) is 6.25. The number of aromatic nitrogens is 1. The summed E-state index contributed by atoms with van der Waals surface area (Å²) in [5, 5.41) is 1.57. The maximum absolute atomic E-state index is 12.9. The van der Waals surface area contributed by atoms with E-state index in [0.717, 1.165) is 63.4 Å². The van der Waals surface area contributed by atoms with Crippen molar-refractivity contribution in [3.63, 3.8) is 0 Å². The lowest BCUT2D eigenvalue weighted by Crippen LogP contribution is -2.21. The lowest BCUT2D eigenvalue weighted by atomic mass is 10.1. The van der Waals surface area contributed by atoms with Crippen molar-refractivity contribution in [3.05, 3.63) is 52.2 Å². The van der Waals surface area contributed by atoms with Crippen LogP contribution in [0.5, 0.6) is 5.75 Å². The van der Waals surface area contributed by atoms with Crippen molar-refractivity contribution in [2.24, 2.45) is 0 Å². The largest absolute Gasteiger partial charge is 0.494 e. The summed E-state index contributed by atoms with van der Waals surface area (Å²) in [6.07, 6.45) is 2.09. The molecule has 5 heteroatoms. The molecule has 2 aliphatic rings. The van der Waals surface area contributed by atoms with Gasteiger partial charge in [0.2, 0.25) is 0 Å². The van der Waals surface area contributed by atoms with Crippen LogP contribution in [0.2, 0.25) is 0 Å². The normalized spacial score (nSPS) is 11.5. The quantitative estimate of drug-likeness (QED) is 0.201. The van der Waals surface area contributed by atoms with Gasteiger partial charge in [-0.05, 0) is 63.1 Å². The Kier molecular flexibility index (Phi) is 5.91. The Morgan fingerprint density at radius 2 is 1.83 bits per heavy atom. The van der Waals surface area contributed by atoms with Crippen molar-refractivity contribution in [1.29, 1.82) is 0 Å². The van der Waals surface area contributed by atoms with E-state index in [4.69, 9.17) is 9.72 Å². The molecule has 0 radical (unpaired) electrons. The van der Waals surface area contributed by atoms with Gasteiger partial charge in [0.25, 0.3) is 0 Å². The monoisotopic (exact) mass is 420 g/mol. The van der Waals surface area contributed by atoms with Crippen LogP contribution in [0.1, 0.15) is 39.2 Å². The van der Waals surface area contributed by atoms with Crippen LogP contribution in [0.3, 0.4) is 0 Å². The highest BCUT2D eigenvalue weighted by atomic mass is 32.1. The molecule has 2 aromatic rings. The second-order valence-electron chi connectivity index (χ2n) is 7.63. The molecule has 156 valence electrons. The van der Waals surface area contributed by atoms with Gasteiger partial charge >= 0.3 is 0 Å². The van der Waals surface area contributed by atoms with Gasteiger partial charge in [0.15, 0.2) is 5.43 Å². The standard InChI is InChI=1S/C25H28N2O2S/c1-5-8-11-29-18-9-10-19-20(14-18)21(28)15-23-25(19)26-24-16(4)12-17(13-22(24)30-23)27(6-2)7-3/h9-10,12-15H,5-8,11H2,1-4H3. The van der Waals surface area contributed by atoms with Gasteiger partial charge in [-0.15, -0.1) is 11.3 Å². The van der Waals surface area contributed by atoms with Gasteiger partial charge in [0, 0.05) is 35.6 Å². The predicted molar refractivity (Wildman–Crippen MR) is 129 cm³/mol. The van der Waals surface area contributed by atoms with Crippen molar-refractivity contribution in [1.82, 2.24) is 4.98 Å². The molecule has 0 N–H and O–H groups in total. The van der Waals surface area contributed by atoms with Gasteiger partial charge in [0.1, 0.15) is 5.75 Å². The Bertz CT molecular complexity index is 1230. The minimum Gasteiger partial charge on any atom is -0.494 e. The van der Waals surface area contributed by atoms with Crippen LogP contribution in [0.15, 0.2) is 41.2 Å². The third kappa shape index (κ3) is 3.74. The SMILES string of the molecule is CCCCOc1ccc2c3nc4c(C)cc(N(CC)CC)cc4sc-3cc(=O)c2c1. The maximum Gasteiger partial charge on any atom is 0.188 e. The average Bonchev–Trinajstić information content (AvgIpc) is 2.74. The highest BCUT2D eigenvalue weighted by Gasteiger charge is 2.17. The second-order valence-corrected chi connectivity index (χ2v) is 8.71. The summed E-state index contributed by atoms with van der Waals surface area (Å²) in [6.45, 7) is 11.2. The fraction of sp³-hybridized carbons (Fsp3) is 0.360. The van der Waals surface area contributed by atoms with Gasteiger partial charge < -0.3 is 9.64 Å². The van der Waals surface area contributed by atoms with Crippen molar-refractivity contribution in [2.75, 3.05) is 24.6 Å². The van der Waals surface area contributed by atoms with Gasteiger partial charge in [-0.1, -0.05) is 13.3 Å². The van der Waals surface area contributed by atoms with E-state index >= 15 is 0 Å². The van der Waals surface area contributed by atoms with E-state index in [1.165, 1.54) is 5.69 Å². The molecule has 2 aromatic carbocycles. The highest BCUT2D eigenvalue weighted by Crippen LogP contribution is 2.37. The molecule has 4 nitrogen and oxygen atoms in total. The van der Waals surface area contributed by atoms with E-state index in [1.54, 1.807) is 17.4 Å². The second kappa shape index (κ2) is 8.60. The molecule has 1 aliphatic heterocycles. The zero-order chi connectivity index (χ0) is 21.3. The van der Waals surface area contributed by atoms with Crippen molar-refractivity contribution >= 4 is 38.0 Å². The fourth-order valence-electron chi connectivity index (χ4n) is 3.90. The number of benzene rings is 3. The third-order valence-corrected chi connectivity index (χ3v) is 6.66. The van der Waals surface area contributed by atoms with Crippen molar-refractivity contribution in [3.8, 4) is 16.3 Å². The molecule has 0 saturated carbocycles. The van der Waals surface area contributed by atoms with E-state index in [2.05, 4.69) is 44.7 Å². The van der Waals surface area contributed by atoms with Crippen LogP contribution in [-0.2, 0) is 0 Å². The Labute approximate surface area is 181 Å². The fourth-order valence-corrected chi connectivity index (χ4v) is 5.04. The first-order valence-corrected chi connectivity index (χ1v) is 11.6. The number of fused-ring (bicyclic) bond motifs is 4. The summed E-state index contributed by atoms with van der Waals surface area (Å²) in [5.41, 5.74) is 4.28. The third-order valence-electron chi connectivity index (χ3n) is 5.60. The summed E-state index contributed by atoms with van der Waals surface area (Å²) in [5.74, 6) is 0.747.